The summed E-state index contributed by atoms with van der Waals surface area (Å²) in [7, 11) is 0. The fourth-order valence-electron chi connectivity index (χ4n) is 3.41. The monoisotopic (exact) mass is 386 g/mol. The number of pyridine rings is 2. The van der Waals surface area contributed by atoms with Crippen molar-refractivity contribution in [2.45, 2.75) is 27.7 Å². The zero-order valence-corrected chi connectivity index (χ0v) is 17.8. The number of benzene rings is 1. The van der Waals surface area contributed by atoms with Gasteiger partial charge in [0.25, 0.3) is 0 Å². The molecule has 0 atom stereocenters. The van der Waals surface area contributed by atoms with Crippen molar-refractivity contribution in [3.63, 3.8) is 0 Å². The number of rotatable bonds is 8. The SMILES string of the molecule is C=Cc1nc(C)cc(NCC(C)(C)CNc2cc(C)nc3ccccc23)c1C=C. The van der Waals surface area contributed by atoms with Crippen LogP contribution in [0.1, 0.15) is 36.5 Å². The van der Waals surface area contributed by atoms with Crippen LogP contribution in [0.5, 0.6) is 0 Å². The molecule has 0 unspecified atom stereocenters. The lowest BCUT2D eigenvalue weighted by Crippen LogP contribution is -2.31. The minimum absolute atomic E-state index is 0.0161. The van der Waals surface area contributed by atoms with Crippen molar-refractivity contribution in [3.8, 4) is 0 Å². The van der Waals surface area contributed by atoms with Gasteiger partial charge in [-0.25, -0.2) is 0 Å². The van der Waals surface area contributed by atoms with Crippen molar-refractivity contribution in [2.75, 3.05) is 23.7 Å². The molecule has 4 heteroatoms. The van der Waals surface area contributed by atoms with Gasteiger partial charge in [0.2, 0.25) is 0 Å². The minimum atomic E-state index is 0.0161. The topological polar surface area (TPSA) is 49.8 Å². The Hall–Kier alpha value is -3.14. The second kappa shape index (κ2) is 8.48. The fourth-order valence-corrected chi connectivity index (χ4v) is 3.41. The number of aryl methyl sites for hydroxylation is 2. The number of anilines is 2. The van der Waals surface area contributed by atoms with E-state index in [-0.39, 0.29) is 5.41 Å². The van der Waals surface area contributed by atoms with Crippen LogP contribution in [0.4, 0.5) is 11.4 Å². The van der Waals surface area contributed by atoms with Gasteiger partial charge in [0, 0.05) is 46.8 Å². The van der Waals surface area contributed by atoms with E-state index in [4.69, 9.17) is 0 Å². The molecule has 2 N–H and O–H groups in total. The molecule has 4 nitrogen and oxygen atoms in total. The maximum atomic E-state index is 4.62. The highest BCUT2D eigenvalue weighted by Gasteiger charge is 2.19. The van der Waals surface area contributed by atoms with Crippen LogP contribution in [0, 0.1) is 19.3 Å². The lowest BCUT2D eigenvalue weighted by molar-refractivity contribution is 0.419. The molecule has 0 spiro atoms. The van der Waals surface area contributed by atoms with Gasteiger partial charge in [0.1, 0.15) is 0 Å². The first-order valence-electron chi connectivity index (χ1n) is 9.93. The van der Waals surface area contributed by atoms with Crippen LogP contribution < -0.4 is 10.6 Å². The average molecular weight is 387 g/mol. The van der Waals surface area contributed by atoms with Gasteiger partial charge in [-0.2, -0.15) is 0 Å². The zero-order chi connectivity index (χ0) is 21.0. The molecule has 3 aromatic rings. The third-order valence-corrected chi connectivity index (χ3v) is 4.97. The molecule has 0 bridgehead atoms. The van der Waals surface area contributed by atoms with Gasteiger partial charge in [-0.05, 0) is 43.5 Å². The van der Waals surface area contributed by atoms with Crippen LogP contribution >= 0.6 is 0 Å². The predicted octanol–water partition coefficient (Wildman–Crippen LogP) is 6.08. The molecule has 0 aliphatic carbocycles. The van der Waals surface area contributed by atoms with Crippen LogP contribution in [0.2, 0.25) is 0 Å². The molecule has 2 heterocycles. The number of nitrogens with one attached hydrogen (secondary N) is 2. The largest absolute Gasteiger partial charge is 0.384 e. The van der Waals surface area contributed by atoms with Crippen LogP contribution in [0.25, 0.3) is 23.1 Å². The van der Waals surface area contributed by atoms with Gasteiger partial charge in [0.15, 0.2) is 0 Å². The molecule has 0 fully saturated rings. The molecule has 2 aromatic heterocycles. The third kappa shape index (κ3) is 4.83. The van der Waals surface area contributed by atoms with E-state index in [0.717, 1.165) is 58.0 Å². The Morgan fingerprint density at radius 2 is 1.52 bits per heavy atom. The van der Waals surface area contributed by atoms with Crippen LogP contribution in [0.3, 0.4) is 0 Å². The van der Waals surface area contributed by atoms with Gasteiger partial charge >= 0.3 is 0 Å². The molecule has 1 aromatic carbocycles. The molecule has 3 rings (SSSR count). The number of hydrogen-bond acceptors (Lipinski definition) is 4. The molecule has 0 radical (unpaired) electrons. The first kappa shape index (κ1) is 20.6. The normalized spacial score (nSPS) is 11.3. The van der Waals surface area contributed by atoms with E-state index >= 15 is 0 Å². The van der Waals surface area contributed by atoms with E-state index in [2.05, 4.69) is 77.9 Å². The van der Waals surface area contributed by atoms with E-state index in [0.29, 0.717) is 0 Å². The summed E-state index contributed by atoms with van der Waals surface area (Å²) in [5.41, 5.74) is 7.03. The Bertz CT molecular complexity index is 1050. The Morgan fingerprint density at radius 1 is 0.897 bits per heavy atom. The van der Waals surface area contributed by atoms with Crippen molar-refractivity contribution >= 4 is 34.4 Å². The second-order valence-electron chi connectivity index (χ2n) is 8.22. The lowest BCUT2D eigenvalue weighted by Gasteiger charge is -2.27. The van der Waals surface area contributed by atoms with Gasteiger partial charge in [0.05, 0.1) is 11.2 Å². The molecule has 0 amide bonds. The molecular formula is C25H30N4. The van der Waals surface area contributed by atoms with Crippen molar-refractivity contribution in [1.82, 2.24) is 9.97 Å². The van der Waals surface area contributed by atoms with E-state index in [1.165, 1.54) is 0 Å². The highest BCUT2D eigenvalue weighted by molar-refractivity contribution is 5.91. The molecule has 29 heavy (non-hydrogen) atoms. The first-order chi connectivity index (χ1) is 13.8. The smallest absolute Gasteiger partial charge is 0.0725 e. The average Bonchev–Trinajstić information content (AvgIpc) is 2.70. The Balaban J connectivity index is 1.74. The van der Waals surface area contributed by atoms with E-state index in [1.54, 1.807) is 6.08 Å². The van der Waals surface area contributed by atoms with E-state index in [1.807, 2.05) is 26.0 Å². The molecule has 0 saturated carbocycles. The zero-order valence-electron chi connectivity index (χ0n) is 17.8. The minimum Gasteiger partial charge on any atom is -0.384 e. The molecular weight excluding hydrogens is 356 g/mol. The lowest BCUT2D eigenvalue weighted by atomic mass is 9.92. The molecule has 0 saturated heterocycles. The summed E-state index contributed by atoms with van der Waals surface area (Å²) >= 11 is 0. The van der Waals surface area contributed by atoms with Crippen LogP contribution in [0.15, 0.2) is 49.6 Å². The standard InChI is InChI=1S/C25H30N4/c1-7-19-21(8-2)28-17(3)13-23(19)26-15-25(5,6)16-27-24-14-18(4)29-22-12-10-9-11-20(22)24/h7-14H,1-2,15-16H2,3-6H3,(H,26,28)(H,27,29). The Labute approximate surface area is 173 Å². The first-order valence-corrected chi connectivity index (χ1v) is 9.93. The molecule has 0 aliphatic heterocycles. The maximum absolute atomic E-state index is 4.62. The Morgan fingerprint density at radius 3 is 2.21 bits per heavy atom. The van der Waals surface area contributed by atoms with Crippen molar-refractivity contribution in [1.29, 1.82) is 0 Å². The predicted molar refractivity (Wildman–Crippen MR) is 126 cm³/mol. The van der Waals surface area contributed by atoms with Gasteiger partial charge in [-0.15, -0.1) is 0 Å². The number of para-hydroxylation sites is 1. The highest BCUT2D eigenvalue weighted by atomic mass is 14.9. The maximum Gasteiger partial charge on any atom is 0.0725 e. The number of nitrogens with zero attached hydrogens (tertiary/aromatic N) is 2. The fraction of sp³-hybridized carbons (Fsp3) is 0.280. The third-order valence-electron chi connectivity index (χ3n) is 4.97. The van der Waals surface area contributed by atoms with Crippen molar-refractivity contribution in [2.24, 2.45) is 5.41 Å². The highest BCUT2D eigenvalue weighted by Crippen LogP contribution is 2.27. The summed E-state index contributed by atoms with van der Waals surface area (Å²) in [4.78, 5) is 9.16. The quantitative estimate of drug-likeness (QED) is 0.492. The summed E-state index contributed by atoms with van der Waals surface area (Å²) in [6.45, 7) is 18.0. The van der Waals surface area contributed by atoms with E-state index in [9.17, 15) is 0 Å². The van der Waals surface area contributed by atoms with Crippen molar-refractivity contribution < 1.29 is 0 Å². The molecule has 150 valence electrons. The van der Waals surface area contributed by atoms with Gasteiger partial charge < -0.3 is 10.6 Å². The Kier molecular flexibility index (Phi) is 6.02. The van der Waals surface area contributed by atoms with Gasteiger partial charge in [-0.3, -0.25) is 9.97 Å². The van der Waals surface area contributed by atoms with Crippen molar-refractivity contribution in [3.05, 3.63) is 72.2 Å². The molecule has 0 aliphatic rings. The van der Waals surface area contributed by atoms with E-state index < -0.39 is 0 Å². The summed E-state index contributed by atoms with van der Waals surface area (Å²) in [5, 5.41) is 8.38. The second-order valence-corrected chi connectivity index (χ2v) is 8.22. The number of aromatic nitrogens is 2. The summed E-state index contributed by atoms with van der Waals surface area (Å²) in [6.07, 6.45) is 3.61. The number of fused-ring (bicyclic) bond motifs is 1. The van der Waals surface area contributed by atoms with Gasteiger partial charge in [-0.1, -0.05) is 51.3 Å². The summed E-state index contributed by atoms with van der Waals surface area (Å²) in [5.74, 6) is 0. The van der Waals surface area contributed by atoms with Crippen LogP contribution in [-0.4, -0.2) is 23.1 Å². The summed E-state index contributed by atoms with van der Waals surface area (Å²) < 4.78 is 0. The summed E-state index contributed by atoms with van der Waals surface area (Å²) in [6, 6.07) is 12.4. The van der Waals surface area contributed by atoms with Crippen LogP contribution in [-0.2, 0) is 0 Å². The number of hydrogen-bond donors (Lipinski definition) is 2.